The lowest BCUT2D eigenvalue weighted by atomic mass is 10.1. The van der Waals surface area contributed by atoms with Gasteiger partial charge in [0.1, 0.15) is 6.61 Å². The van der Waals surface area contributed by atoms with Gasteiger partial charge in [-0.15, -0.1) is 0 Å². The van der Waals surface area contributed by atoms with Crippen LogP contribution in [0.25, 0.3) is 0 Å². The van der Waals surface area contributed by atoms with E-state index in [2.05, 4.69) is 4.74 Å². The molecular formula is C11H14F9NO4S. The van der Waals surface area contributed by atoms with Crippen molar-refractivity contribution in [3.8, 4) is 0 Å². The second-order valence-corrected chi connectivity index (χ2v) is 6.85. The highest BCUT2D eigenvalue weighted by atomic mass is 32.2. The van der Waals surface area contributed by atoms with Crippen molar-refractivity contribution < 1.29 is 57.5 Å². The molecule has 0 aromatic rings. The van der Waals surface area contributed by atoms with Gasteiger partial charge in [-0.2, -0.15) is 39.5 Å². The van der Waals surface area contributed by atoms with Gasteiger partial charge in [0.25, 0.3) is 10.0 Å². The molecule has 1 atom stereocenters. The van der Waals surface area contributed by atoms with E-state index in [4.69, 9.17) is 0 Å². The summed E-state index contributed by atoms with van der Waals surface area (Å²) in [6.45, 7) is 0.756. The summed E-state index contributed by atoms with van der Waals surface area (Å²) in [5.74, 6) is -16.2. The molecule has 0 fully saturated rings. The molecular weight excluding hydrogens is 413 g/mol. The van der Waals surface area contributed by atoms with Crippen molar-refractivity contribution in [2.45, 2.75) is 43.5 Å². The molecule has 0 amide bonds. The molecule has 15 heteroatoms. The van der Waals surface area contributed by atoms with Crippen molar-refractivity contribution in [1.29, 1.82) is 0 Å². The molecule has 1 unspecified atom stereocenters. The quantitative estimate of drug-likeness (QED) is 0.349. The van der Waals surface area contributed by atoms with Gasteiger partial charge in [0.05, 0.1) is 5.92 Å². The number of rotatable bonds is 9. The topological polar surface area (TPSA) is 72.5 Å². The number of ether oxygens (including phenoxy) is 1. The molecule has 0 aromatic heterocycles. The van der Waals surface area contributed by atoms with Crippen molar-refractivity contribution in [3.05, 3.63) is 0 Å². The minimum Gasteiger partial charge on any atom is -0.464 e. The van der Waals surface area contributed by atoms with Gasteiger partial charge in [-0.1, -0.05) is 13.8 Å². The normalized spacial score (nSPS) is 15.7. The summed E-state index contributed by atoms with van der Waals surface area (Å²) in [6.07, 6.45) is -6.84. The Balaban J connectivity index is 5.25. The number of carbonyl (C=O) groups is 1. The molecule has 0 spiro atoms. The Kier molecular flexibility index (Phi) is 7.41. The van der Waals surface area contributed by atoms with Crippen LogP contribution in [0.15, 0.2) is 0 Å². The van der Waals surface area contributed by atoms with E-state index in [1.807, 2.05) is 0 Å². The molecule has 1 N–H and O–H groups in total. The zero-order valence-corrected chi connectivity index (χ0v) is 14.0. The molecule has 0 aromatic carbocycles. The number of hydrogen-bond acceptors (Lipinski definition) is 4. The van der Waals surface area contributed by atoms with Crippen LogP contribution in [0.4, 0.5) is 39.5 Å². The first-order chi connectivity index (χ1) is 11.4. The van der Waals surface area contributed by atoms with Crippen LogP contribution in [0, 0.1) is 5.92 Å². The highest BCUT2D eigenvalue weighted by Gasteiger charge is 2.85. The number of halogens is 9. The number of carbonyl (C=O) groups excluding carboxylic acids is 1. The fourth-order valence-electron chi connectivity index (χ4n) is 1.26. The van der Waals surface area contributed by atoms with E-state index >= 15 is 0 Å². The summed E-state index contributed by atoms with van der Waals surface area (Å²) >= 11 is 0. The van der Waals surface area contributed by atoms with Crippen molar-refractivity contribution in [3.63, 3.8) is 0 Å². The maximum atomic E-state index is 13.3. The summed E-state index contributed by atoms with van der Waals surface area (Å²) in [5.41, 5.74) is 0. The zero-order chi connectivity index (χ0) is 21.2. The Morgan fingerprint density at radius 3 is 1.85 bits per heavy atom. The summed E-state index contributed by atoms with van der Waals surface area (Å²) in [4.78, 5) is 11.2. The molecule has 0 heterocycles. The monoisotopic (exact) mass is 427 g/mol. The van der Waals surface area contributed by atoms with Crippen LogP contribution in [0.2, 0.25) is 0 Å². The minimum absolute atomic E-state index is 0.293. The molecule has 0 bridgehead atoms. The Labute approximate surface area is 141 Å². The summed E-state index contributed by atoms with van der Waals surface area (Å²) in [7, 11) is -6.69. The lowest BCUT2D eigenvalue weighted by Crippen LogP contribution is -2.65. The van der Waals surface area contributed by atoms with Gasteiger partial charge in [0, 0.05) is 6.54 Å². The van der Waals surface area contributed by atoms with Crippen LogP contribution in [0.5, 0.6) is 0 Å². The minimum atomic E-state index is -7.33. The molecule has 0 saturated heterocycles. The fraction of sp³-hybridized carbons (Fsp3) is 0.909. The summed E-state index contributed by atoms with van der Waals surface area (Å²) in [6, 6.07) is 0. The van der Waals surface area contributed by atoms with E-state index in [0.29, 0.717) is 11.1 Å². The highest BCUT2D eigenvalue weighted by molar-refractivity contribution is 7.90. The van der Waals surface area contributed by atoms with Crippen LogP contribution >= 0.6 is 0 Å². The number of esters is 1. The van der Waals surface area contributed by atoms with Gasteiger partial charge in [-0.05, 0) is 6.42 Å². The second kappa shape index (κ2) is 7.78. The van der Waals surface area contributed by atoms with Crippen molar-refractivity contribution in [2.24, 2.45) is 5.92 Å². The smallest absolute Gasteiger partial charge is 0.460 e. The van der Waals surface area contributed by atoms with Crippen LogP contribution in [0.1, 0.15) is 20.3 Å². The molecule has 0 aliphatic heterocycles. The van der Waals surface area contributed by atoms with Crippen molar-refractivity contribution in [1.82, 2.24) is 4.72 Å². The van der Waals surface area contributed by atoms with E-state index in [1.54, 1.807) is 6.92 Å². The lowest BCUT2D eigenvalue weighted by Gasteiger charge is -2.33. The summed E-state index contributed by atoms with van der Waals surface area (Å²) < 4.78 is 141. The summed E-state index contributed by atoms with van der Waals surface area (Å²) in [5, 5.41) is -6.82. The molecule has 156 valence electrons. The van der Waals surface area contributed by atoms with E-state index in [1.165, 1.54) is 6.92 Å². The first-order valence-corrected chi connectivity index (χ1v) is 8.21. The van der Waals surface area contributed by atoms with E-state index in [0.717, 1.165) is 0 Å². The molecule has 0 rings (SSSR count). The van der Waals surface area contributed by atoms with Crippen LogP contribution in [0.3, 0.4) is 0 Å². The second-order valence-electron chi connectivity index (χ2n) is 5.04. The number of sulfonamides is 1. The number of nitrogens with one attached hydrogen (secondary N) is 1. The molecule has 26 heavy (non-hydrogen) atoms. The van der Waals surface area contributed by atoms with Gasteiger partial charge < -0.3 is 4.74 Å². The van der Waals surface area contributed by atoms with Gasteiger partial charge in [0.15, 0.2) is 0 Å². The molecule has 0 radical (unpaired) electrons. The standard InChI is InChI=1S/C11H14F9NO4S/c1-3-6(2)7(22)25-5-4-21-26(23,24)11(19,20)9(14,15)8(12,13)10(16,17)18/h6,21H,3-5H2,1-2H3. The zero-order valence-electron chi connectivity index (χ0n) is 13.1. The van der Waals surface area contributed by atoms with E-state index in [9.17, 15) is 52.7 Å². The predicted molar refractivity (Wildman–Crippen MR) is 68.2 cm³/mol. The predicted octanol–water partition coefficient (Wildman–Crippen LogP) is 2.92. The lowest BCUT2D eigenvalue weighted by molar-refractivity contribution is -0.382. The third-order valence-corrected chi connectivity index (χ3v) is 4.62. The number of alkyl halides is 9. The largest absolute Gasteiger partial charge is 0.464 e. The van der Waals surface area contributed by atoms with Crippen LogP contribution < -0.4 is 4.72 Å². The Bertz CT molecular complexity index is 603. The Morgan fingerprint density at radius 2 is 1.46 bits per heavy atom. The maximum absolute atomic E-state index is 13.3. The molecule has 0 saturated carbocycles. The van der Waals surface area contributed by atoms with Crippen molar-refractivity contribution in [2.75, 3.05) is 13.2 Å². The molecule has 0 aliphatic carbocycles. The van der Waals surface area contributed by atoms with Gasteiger partial charge >= 0.3 is 29.2 Å². The van der Waals surface area contributed by atoms with Crippen molar-refractivity contribution >= 4 is 16.0 Å². The number of hydrogen-bond donors (Lipinski definition) is 1. The maximum Gasteiger partial charge on any atom is 0.460 e. The van der Waals surface area contributed by atoms with Gasteiger partial charge in [0.2, 0.25) is 0 Å². The first kappa shape index (κ1) is 24.8. The Hall–Kier alpha value is -1.25. The van der Waals surface area contributed by atoms with Gasteiger partial charge in [-0.25, -0.2) is 13.1 Å². The molecule has 5 nitrogen and oxygen atoms in total. The fourth-order valence-corrected chi connectivity index (χ4v) is 2.26. The SMILES string of the molecule is CCC(C)C(=O)OCCNS(=O)(=O)C(F)(F)C(F)(F)C(F)(F)C(F)(F)F. The molecule has 0 aliphatic rings. The Morgan fingerprint density at radius 1 is 1.00 bits per heavy atom. The van der Waals surface area contributed by atoms with Crippen LogP contribution in [-0.4, -0.2) is 50.8 Å². The van der Waals surface area contributed by atoms with E-state index < -0.39 is 58.3 Å². The average Bonchev–Trinajstić information content (AvgIpc) is 2.48. The highest BCUT2D eigenvalue weighted by Crippen LogP contribution is 2.54. The van der Waals surface area contributed by atoms with Crippen LogP contribution in [-0.2, 0) is 19.6 Å². The van der Waals surface area contributed by atoms with Gasteiger partial charge in [-0.3, -0.25) is 4.79 Å². The third kappa shape index (κ3) is 4.53. The van der Waals surface area contributed by atoms with E-state index in [-0.39, 0.29) is 0 Å². The average molecular weight is 427 g/mol. The third-order valence-electron chi connectivity index (χ3n) is 3.11. The first-order valence-electron chi connectivity index (χ1n) is 6.72.